The number of hydrogen-bond donors (Lipinski definition) is 1. The third kappa shape index (κ3) is 3.03. The molecule has 1 saturated heterocycles. The molecule has 128 valence electrons. The maximum atomic E-state index is 13.0. The van der Waals surface area contributed by atoms with E-state index in [1.54, 1.807) is 24.1 Å². The number of nitrogens with zero attached hydrogens (tertiary/aromatic N) is 4. The zero-order chi connectivity index (χ0) is 17.3. The third-order valence-electron chi connectivity index (χ3n) is 3.96. The molecular formula is C14H17N5O4S. The fourth-order valence-electron chi connectivity index (χ4n) is 2.74. The minimum Gasteiger partial charge on any atom is -0.313 e. The van der Waals surface area contributed by atoms with Crippen LogP contribution in [0.2, 0.25) is 0 Å². The number of nitro benzene ring substituents is 1. The predicted molar refractivity (Wildman–Crippen MR) is 85.8 cm³/mol. The van der Waals surface area contributed by atoms with Crippen LogP contribution >= 0.6 is 0 Å². The third-order valence-corrected chi connectivity index (χ3v) is 5.88. The highest BCUT2D eigenvalue weighted by Gasteiger charge is 2.35. The van der Waals surface area contributed by atoms with E-state index in [1.807, 2.05) is 0 Å². The van der Waals surface area contributed by atoms with Crippen LogP contribution in [0, 0.1) is 10.1 Å². The van der Waals surface area contributed by atoms with Gasteiger partial charge in [-0.05, 0) is 12.1 Å². The summed E-state index contributed by atoms with van der Waals surface area (Å²) in [6, 6.07) is 4.58. The smallest absolute Gasteiger partial charge is 0.269 e. The Morgan fingerprint density at radius 2 is 2.04 bits per heavy atom. The minimum absolute atomic E-state index is 0.0453. The van der Waals surface area contributed by atoms with Crippen LogP contribution in [0.3, 0.4) is 0 Å². The van der Waals surface area contributed by atoms with Gasteiger partial charge in [-0.15, -0.1) is 0 Å². The number of rotatable bonds is 4. The molecule has 1 aromatic heterocycles. The molecular weight excluding hydrogens is 334 g/mol. The van der Waals surface area contributed by atoms with Gasteiger partial charge in [0, 0.05) is 50.6 Å². The molecule has 0 amide bonds. The lowest BCUT2D eigenvalue weighted by Gasteiger charge is -2.34. The molecule has 1 unspecified atom stereocenters. The van der Waals surface area contributed by atoms with Crippen molar-refractivity contribution in [2.45, 2.75) is 10.9 Å². The SMILES string of the molecule is Cn1cc(C2CNCCN2S(=O)(=O)c2ccc([N+](=O)[O-])cc2)cn1. The lowest BCUT2D eigenvalue weighted by molar-refractivity contribution is -0.384. The summed E-state index contributed by atoms with van der Waals surface area (Å²) in [6.45, 7) is 1.35. The number of aromatic nitrogens is 2. The van der Waals surface area contributed by atoms with Crippen molar-refractivity contribution in [1.82, 2.24) is 19.4 Å². The fourth-order valence-corrected chi connectivity index (χ4v) is 4.36. The molecule has 0 bridgehead atoms. The zero-order valence-corrected chi connectivity index (χ0v) is 13.8. The van der Waals surface area contributed by atoms with Crippen molar-refractivity contribution >= 4 is 15.7 Å². The number of nitro groups is 1. The summed E-state index contributed by atoms with van der Waals surface area (Å²) < 4.78 is 29.0. The van der Waals surface area contributed by atoms with Gasteiger partial charge in [0.2, 0.25) is 10.0 Å². The van der Waals surface area contributed by atoms with Crippen LogP contribution in [0.5, 0.6) is 0 Å². The lowest BCUT2D eigenvalue weighted by Crippen LogP contribution is -2.48. The second-order valence-corrected chi connectivity index (χ2v) is 7.42. The maximum absolute atomic E-state index is 13.0. The summed E-state index contributed by atoms with van der Waals surface area (Å²) in [5.41, 5.74) is 0.660. The maximum Gasteiger partial charge on any atom is 0.269 e. The highest BCUT2D eigenvalue weighted by Crippen LogP contribution is 2.29. The van der Waals surface area contributed by atoms with Crippen molar-refractivity contribution in [3.8, 4) is 0 Å². The van der Waals surface area contributed by atoms with Crippen molar-refractivity contribution in [3.05, 3.63) is 52.3 Å². The molecule has 1 aliphatic heterocycles. The number of hydrogen-bond acceptors (Lipinski definition) is 6. The Hall–Kier alpha value is -2.30. The number of benzene rings is 1. The van der Waals surface area contributed by atoms with Crippen molar-refractivity contribution in [2.24, 2.45) is 7.05 Å². The molecule has 2 heterocycles. The van der Waals surface area contributed by atoms with Crippen LogP contribution in [0.1, 0.15) is 11.6 Å². The summed E-state index contributed by atoms with van der Waals surface area (Å²) in [5.74, 6) is 0. The largest absolute Gasteiger partial charge is 0.313 e. The highest BCUT2D eigenvalue weighted by atomic mass is 32.2. The topological polar surface area (TPSA) is 110 Å². The molecule has 0 spiro atoms. The first-order valence-electron chi connectivity index (χ1n) is 7.35. The first-order valence-corrected chi connectivity index (χ1v) is 8.79. The summed E-state index contributed by atoms with van der Waals surface area (Å²) in [7, 11) is -1.99. The van der Waals surface area contributed by atoms with Crippen molar-refractivity contribution in [1.29, 1.82) is 0 Å². The van der Waals surface area contributed by atoms with Gasteiger partial charge in [0.05, 0.1) is 22.1 Å². The van der Waals surface area contributed by atoms with Crippen LogP contribution in [-0.2, 0) is 17.1 Å². The molecule has 0 saturated carbocycles. The molecule has 3 rings (SSSR count). The molecule has 1 atom stereocenters. The molecule has 9 nitrogen and oxygen atoms in total. The van der Waals surface area contributed by atoms with E-state index in [0.29, 0.717) is 19.6 Å². The van der Waals surface area contributed by atoms with E-state index in [1.165, 1.54) is 28.6 Å². The fraction of sp³-hybridized carbons (Fsp3) is 0.357. The number of aryl methyl sites for hydroxylation is 1. The van der Waals surface area contributed by atoms with Crippen LogP contribution in [0.25, 0.3) is 0 Å². The summed E-state index contributed by atoms with van der Waals surface area (Å²) in [4.78, 5) is 10.2. The molecule has 1 aromatic carbocycles. The number of nitrogens with one attached hydrogen (secondary N) is 1. The minimum atomic E-state index is -3.76. The summed E-state index contributed by atoms with van der Waals surface area (Å²) >= 11 is 0. The first-order chi connectivity index (χ1) is 11.4. The monoisotopic (exact) mass is 351 g/mol. The number of piperazine rings is 1. The van der Waals surface area contributed by atoms with Gasteiger partial charge >= 0.3 is 0 Å². The molecule has 10 heteroatoms. The van der Waals surface area contributed by atoms with Gasteiger partial charge in [0.25, 0.3) is 5.69 Å². The molecule has 2 aromatic rings. The van der Waals surface area contributed by atoms with Crippen LogP contribution in [0.4, 0.5) is 5.69 Å². The van der Waals surface area contributed by atoms with E-state index >= 15 is 0 Å². The number of sulfonamides is 1. The average Bonchev–Trinajstić information content (AvgIpc) is 3.01. The first kappa shape index (κ1) is 16.6. The lowest BCUT2D eigenvalue weighted by atomic mass is 10.1. The van der Waals surface area contributed by atoms with E-state index in [-0.39, 0.29) is 16.6 Å². The standard InChI is InChI=1S/C14H17N5O4S/c1-17-10-11(8-16-17)14-9-15-6-7-18(14)24(22,23)13-4-2-12(3-5-13)19(20)21/h2-5,8,10,14-15H,6-7,9H2,1H3. The molecule has 1 fully saturated rings. The van der Waals surface area contributed by atoms with Crippen LogP contribution < -0.4 is 5.32 Å². The van der Waals surface area contributed by atoms with E-state index in [0.717, 1.165) is 5.56 Å². The van der Waals surface area contributed by atoms with Gasteiger partial charge in [0.1, 0.15) is 0 Å². The van der Waals surface area contributed by atoms with Crippen LogP contribution in [-0.4, -0.2) is 47.1 Å². The second kappa shape index (κ2) is 6.30. The van der Waals surface area contributed by atoms with E-state index in [4.69, 9.17) is 0 Å². The van der Waals surface area contributed by atoms with E-state index < -0.39 is 14.9 Å². The Kier molecular flexibility index (Phi) is 4.35. The van der Waals surface area contributed by atoms with Gasteiger partial charge in [0.15, 0.2) is 0 Å². The summed E-state index contributed by atoms with van der Waals surface area (Å²) in [5, 5.41) is 18.0. The Labute approximate surface area is 139 Å². The van der Waals surface area contributed by atoms with Gasteiger partial charge in [-0.2, -0.15) is 9.40 Å². The molecule has 0 radical (unpaired) electrons. The predicted octanol–water partition coefficient (Wildman–Crippen LogP) is 0.663. The van der Waals surface area contributed by atoms with Gasteiger partial charge < -0.3 is 5.32 Å². The number of non-ortho nitro benzene ring substituents is 1. The van der Waals surface area contributed by atoms with Crippen molar-refractivity contribution in [3.63, 3.8) is 0 Å². The van der Waals surface area contributed by atoms with Crippen LogP contribution in [0.15, 0.2) is 41.6 Å². The second-order valence-electron chi connectivity index (χ2n) is 5.53. The zero-order valence-electron chi connectivity index (χ0n) is 13.0. The van der Waals surface area contributed by atoms with Crippen molar-refractivity contribution < 1.29 is 13.3 Å². The van der Waals surface area contributed by atoms with Crippen molar-refractivity contribution in [2.75, 3.05) is 19.6 Å². The van der Waals surface area contributed by atoms with E-state index in [2.05, 4.69) is 10.4 Å². The van der Waals surface area contributed by atoms with Gasteiger partial charge in [-0.25, -0.2) is 8.42 Å². The molecule has 1 aliphatic rings. The molecule has 0 aliphatic carbocycles. The molecule has 1 N–H and O–H groups in total. The average molecular weight is 351 g/mol. The Morgan fingerprint density at radius 1 is 1.33 bits per heavy atom. The Balaban J connectivity index is 1.95. The highest BCUT2D eigenvalue weighted by molar-refractivity contribution is 7.89. The quantitative estimate of drug-likeness (QED) is 0.640. The van der Waals surface area contributed by atoms with Gasteiger partial charge in [-0.1, -0.05) is 0 Å². The Bertz CT molecular complexity index is 846. The molecule has 24 heavy (non-hydrogen) atoms. The van der Waals surface area contributed by atoms with Gasteiger partial charge in [-0.3, -0.25) is 14.8 Å². The van der Waals surface area contributed by atoms with E-state index in [9.17, 15) is 18.5 Å². The Morgan fingerprint density at radius 3 is 2.62 bits per heavy atom. The summed E-state index contributed by atoms with van der Waals surface area (Å²) in [6.07, 6.45) is 3.44. The normalized spacial score (nSPS) is 19.3.